The second-order valence-corrected chi connectivity index (χ2v) is 6.69. The van der Waals surface area contributed by atoms with Gasteiger partial charge in [-0.25, -0.2) is 4.79 Å². The Kier molecular flexibility index (Phi) is 6.99. The minimum absolute atomic E-state index is 0.00159. The van der Waals surface area contributed by atoms with Gasteiger partial charge >= 0.3 is 12.0 Å². The van der Waals surface area contributed by atoms with Gasteiger partial charge in [0.25, 0.3) is 0 Å². The molecule has 0 aromatic rings. The number of nitrogens with zero attached hydrogens (tertiary/aromatic N) is 1. The first-order valence-corrected chi connectivity index (χ1v) is 8.13. The molecule has 0 aliphatic heterocycles. The number of carboxylic acid groups (broad SMARTS) is 1. The van der Waals surface area contributed by atoms with Crippen LogP contribution in [-0.2, 0) is 4.79 Å². The first kappa shape index (κ1) is 17.8. The van der Waals surface area contributed by atoms with Gasteiger partial charge in [-0.05, 0) is 37.5 Å². The number of rotatable bonds is 8. The van der Waals surface area contributed by atoms with E-state index in [-0.39, 0.29) is 24.4 Å². The molecule has 0 saturated heterocycles. The van der Waals surface area contributed by atoms with E-state index in [1.165, 1.54) is 25.7 Å². The van der Waals surface area contributed by atoms with Crippen molar-refractivity contribution in [3.63, 3.8) is 0 Å². The monoisotopic (exact) mass is 298 g/mol. The van der Waals surface area contributed by atoms with Crippen LogP contribution >= 0.6 is 0 Å². The summed E-state index contributed by atoms with van der Waals surface area (Å²) in [5, 5.41) is 11.8. The van der Waals surface area contributed by atoms with Gasteiger partial charge in [-0.2, -0.15) is 0 Å². The summed E-state index contributed by atoms with van der Waals surface area (Å²) in [6.07, 6.45) is 6.02. The van der Waals surface area contributed by atoms with Gasteiger partial charge in [0, 0.05) is 19.6 Å². The molecule has 0 unspecified atom stereocenters. The van der Waals surface area contributed by atoms with Crippen LogP contribution in [0.2, 0.25) is 0 Å². The van der Waals surface area contributed by atoms with Crippen LogP contribution in [0.1, 0.15) is 59.3 Å². The summed E-state index contributed by atoms with van der Waals surface area (Å²) >= 11 is 0. The van der Waals surface area contributed by atoms with Gasteiger partial charge in [0.15, 0.2) is 0 Å². The van der Waals surface area contributed by atoms with Crippen LogP contribution in [0.25, 0.3) is 0 Å². The molecule has 0 atom stereocenters. The third-order valence-electron chi connectivity index (χ3n) is 4.38. The summed E-state index contributed by atoms with van der Waals surface area (Å²) < 4.78 is 0. The molecule has 1 aliphatic rings. The van der Waals surface area contributed by atoms with Gasteiger partial charge < -0.3 is 15.3 Å². The number of urea groups is 1. The molecule has 1 fully saturated rings. The van der Waals surface area contributed by atoms with Crippen molar-refractivity contribution in [2.24, 2.45) is 11.3 Å². The standard InChI is InChI=1S/C16H30N2O3/c1-4-18(10-7-14(19)20)15(21)17-12-16(11-13(2)3)8-5-6-9-16/h13H,4-12H2,1-3H3,(H,17,21)(H,19,20). The minimum Gasteiger partial charge on any atom is -0.481 e. The molecular formula is C16H30N2O3. The first-order valence-electron chi connectivity index (χ1n) is 8.13. The van der Waals surface area contributed by atoms with E-state index >= 15 is 0 Å². The molecule has 5 nitrogen and oxygen atoms in total. The zero-order valence-corrected chi connectivity index (χ0v) is 13.7. The maximum Gasteiger partial charge on any atom is 0.317 e. The highest BCUT2D eigenvalue weighted by Gasteiger charge is 2.34. The third-order valence-corrected chi connectivity index (χ3v) is 4.38. The number of carbonyl (C=O) groups is 2. The number of aliphatic carboxylic acids is 1. The molecule has 1 saturated carbocycles. The summed E-state index contributed by atoms with van der Waals surface area (Å²) in [6, 6.07) is -0.131. The summed E-state index contributed by atoms with van der Waals surface area (Å²) in [6.45, 7) is 7.86. The number of nitrogens with one attached hydrogen (secondary N) is 1. The van der Waals surface area contributed by atoms with Gasteiger partial charge in [-0.1, -0.05) is 26.7 Å². The first-order chi connectivity index (χ1) is 9.88. The van der Waals surface area contributed by atoms with E-state index in [0.717, 1.165) is 6.42 Å². The van der Waals surface area contributed by atoms with E-state index in [4.69, 9.17) is 5.11 Å². The molecule has 0 aromatic heterocycles. The van der Waals surface area contributed by atoms with Crippen molar-refractivity contribution in [1.29, 1.82) is 0 Å². The molecule has 5 heteroatoms. The highest BCUT2D eigenvalue weighted by atomic mass is 16.4. The molecule has 0 radical (unpaired) electrons. The molecule has 21 heavy (non-hydrogen) atoms. The smallest absolute Gasteiger partial charge is 0.317 e. The molecule has 0 heterocycles. The van der Waals surface area contributed by atoms with Crippen LogP contribution < -0.4 is 5.32 Å². The fourth-order valence-corrected chi connectivity index (χ4v) is 3.45. The van der Waals surface area contributed by atoms with Crippen LogP contribution in [0, 0.1) is 11.3 Å². The molecule has 1 aliphatic carbocycles. The Bertz CT molecular complexity index is 349. The molecular weight excluding hydrogens is 268 g/mol. The maximum atomic E-state index is 12.2. The molecule has 2 amide bonds. The number of amides is 2. The largest absolute Gasteiger partial charge is 0.481 e. The molecule has 2 N–H and O–H groups in total. The van der Waals surface area contributed by atoms with E-state index in [1.807, 2.05) is 6.92 Å². The predicted molar refractivity (Wildman–Crippen MR) is 83.3 cm³/mol. The molecule has 0 aromatic carbocycles. The van der Waals surface area contributed by atoms with Crippen molar-refractivity contribution in [3.05, 3.63) is 0 Å². The fraction of sp³-hybridized carbons (Fsp3) is 0.875. The van der Waals surface area contributed by atoms with Gasteiger partial charge in [-0.3, -0.25) is 4.79 Å². The van der Waals surface area contributed by atoms with Gasteiger partial charge in [0.2, 0.25) is 0 Å². The third kappa shape index (κ3) is 5.94. The summed E-state index contributed by atoms with van der Waals surface area (Å²) in [5.74, 6) is -0.234. The Morgan fingerprint density at radius 2 is 1.90 bits per heavy atom. The van der Waals surface area contributed by atoms with E-state index < -0.39 is 5.97 Å². The summed E-state index contributed by atoms with van der Waals surface area (Å²) in [5.41, 5.74) is 0.246. The van der Waals surface area contributed by atoms with Crippen molar-refractivity contribution in [2.75, 3.05) is 19.6 Å². The van der Waals surface area contributed by atoms with Crippen LogP contribution in [0.5, 0.6) is 0 Å². The Labute approximate surface area is 128 Å². The highest BCUT2D eigenvalue weighted by Crippen LogP contribution is 2.42. The van der Waals surface area contributed by atoms with Crippen LogP contribution in [-0.4, -0.2) is 41.6 Å². The number of hydrogen-bond donors (Lipinski definition) is 2. The van der Waals surface area contributed by atoms with E-state index in [1.54, 1.807) is 4.90 Å². The zero-order valence-electron chi connectivity index (χ0n) is 13.7. The average Bonchev–Trinajstić information content (AvgIpc) is 2.85. The Morgan fingerprint density at radius 3 is 2.38 bits per heavy atom. The fourth-order valence-electron chi connectivity index (χ4n) is 3.45. The van der Waals surface area contributed by atoms with E-state index in [2.05, 4.69) is 19.2 Å². The van der Waals surface area contributed by atoms with Crippen molar-refractivity contribution in [2.45, 2.75) is 59.3 Å². The van der Waals surface area contributed by atoms with Crippen LogP contribution in [0.4, 0.5) is 4.79 Å². The van der Waals surface area contributed by atoms with Gasteiger partial charge in [0.1, 0.15) is 0 Å². The summed E-state index contributed by atoms with van der Waals surface area (Å²) in [7, 11) is 0. The lowest BCUT2D eigenvalue weighted by Gasteiger charge is -2.32. The average molecular weight is 298 g/mol. The number of hydrogen-bond acceptors (Lipinski definition) is 2. The van der Waals surface area contributed by atoms with E-state index in [0.29, 0.717) is 19.0 Å². The molecule has 0 spiro atoms. The van der Waals surface area contributed by atoms with Crippen LogP contribution in [0.3, 0.4) is 0 Å². The second kappa shape index (κ2) is 8.25. The Hall–Kier alpha value is -1.26. The van der Waals surface area contributed by atoms with Crippen molar-refractivity contribution in [3.8, 4) is 0 Å². The lowest BCUT2D eigenvalue weighted by Crippen LogP contribution is -2.45. The van der Waals surface area contributed by atoms with E-state index in [9.17, 15) is 9.59 Å². The quantitative estimate of drug-likeness (QED) is 0.723. The topological polar surface area (TPSA) is 69.6 Å². The maximum absolute atomic E-state index is 12.2. The lowest BCUT2D eigenvalue weighted by molar-refractivity contribution is -0.137. The minimum atomic E-state index is -0.867. The van der Waals surface area contributed by atoms with Crippen LogP contribution in [0.15, 0.2) is 0 Å². The Balaban J connectivity index is 2.50. The molecule has 1 rings (SSSR count). The zero-order chi connectivity index (χ0) is 15.9. The van der Waals surface area contributed by atoms with Gasteiger partial charge in [-0.15, -0.1) is 0 Å². The highest BCUT2D eigenvalue weighted by molar-refractivity contribution is 5.75. The van der Waals surface area contributed by atoms with Crippen molar-refractivity contribution < 1.29 is 14.7 Å². The lowest BCUT2D eigenvalue weighted by atomic mass is 9.78. The second-order valence-electron chi connectivity index (χ2n) is 6.69. The normalized spacial score (nSPS) is 17.0. The predicted octanol–water partition coefficient (Wildman–Crippen LogP) is 3.10. The van der Waals surface area contributed by atoms with Crippen molar-refractivity contribution in [1.82, 2.24) is 10.2 Å². The summed E-state index contributed by atoms with van der Waals surface area (Å²) in [4.78, 5) is 24.4. The number of carboxylic acids is 1. The number of carbonyl (C=O) groups excluding carboxylic acids is 1. The van der Waals surface area contributed by atoms with Gasteiger partial charge in [0.05, 0.1) is 6.42 Å². The SMILES string of the molecule is CCN(CCC(=O)O)C(=O)NCC1(CC(C)C)CCCC1. The molecule has 122 valence electrons. The molecule has 0 bridgehead atoms. The Morgan fingerprint density at radius 1 is 1.29 bits per heavy atom. The van der Waals surface area contributed by atoms with Crippen molar-refractivity contribution >= 4 is 12.0 Å².